The Labute approximate surface area is 253 Å². The lowest BCUT2D eigenvalue weighted by molar-refractivity contribution is 0.306. The number of aromatic nitrogens is 2. The molecule has 0 unspecified atom stereocenters. The maximum atomic E-state index is 13.5. The van der Waals surface area contributed by atoms with Gasteiger partial charge in [-0.2, -0.15) is 0 Å². The summed E-state index contributed by atoms with van der Waals surface area (Å²) in [6.07, 6.45) is 2.36. The SMILES string of the molecule is Oc1ccc(CCNCc2ccc(-c3ccc4ncnc(Nc5ccc(OCc6cccc(F)c6)c(Cl)c5)c4c3)o2)cc1. The third-order valence-electron chi connectivity index (χ3n) is 6.89. The predicted octanol–water partition coefficient (Wildman–Crippen LogP) is 8.04. The van der Waals surface area contributed by atoms with Crippen LogP contribution in [0.1, 0.15) is 16.9 Å². The first-order chi connectivity index (χ1) is 21.0. The van der Waals surface area contributed by atoms with Crippen molar-refractivity contribution in [3.63, 3.8) is 0 Å². The van der Waals surface area contributed by atoms with Gasteiger partial charge in [0.1, 0.15) is 47.6 Å². The fourth-order valence-electron chi connectivity index (χ4n) is 4.66. The van der Waals surface area contributed by atoms with Gasteiger partial charge >= 0.3 is 0 Å². The van der Waals surface area contributed by atoms with Crippen molar-refractivity contribution in [3.8, 4) is 22.8 Å². The van der Waals surface area contributed by atoms with Crippen LogP contribution in [0.3, 0.4) is 0 Å². The van der Waals surface area contributed by atoms with E-state index in [4.69, 9.17) is 20.8 Å². The lowest BCUT2D eigenvalue weighted by atomic mass is 10.1. The molecule has 216 valence electrons. The van der Waals surface area contributed by atoms with Crippen LogP contribution in [0.15, 0.2) is 108 Å². The van der Waals surface area contributed by atoms with Crippen LogP contribution in [0.5, 0.6) is 11.5 Å². The Kier molecular flexibility index (Phi) is 8.49. The van der Waals surface area contributed by atoms with E-state index in [1.807, 2.05) is 48.5 Å². The van der Waals surface area contributed by atoms with Gasteiger partial charge in [-0.15, -0.1) is 0 Å². The van der Waals surface area contributed by atoms with Gasteiger partial charge in [-0.25, -0.2) is 14.4 Å². The monoisotopic (exact) mass is 594 g/mol. The summed E-state index contributed by atoms with van der Waals surface area (Å²) in [5, 5.41) is 17.4. The number of benzene rings is 4. The van der Waals surface area contributed by atoms with Crippen LogP contribution in [0, 0.1) is 5.82 Å². The zero-order valence-electron chi connectivity index (χ0n) is 23.1. The second-order valence-corrected chi connectivity index (χ2v) is 10.4. The van der Waals surface area contributed by atoms with Crippen molar-refractivity contribution in [1.29, 1.82) is 0 Å². The Morgan fingerprint density at radius 1 is 0.884 bits per heavy atom. The van der Waals surface area contributed by atoms with Crippen LogP contribution in [-0.2, 0) is 19.6 Å². The first kappa shape index (κ1) is 28.2. The molecule has 6 rings (SSSR count). The first-order valence-corrected chi connectivity index (χ1v) is 14.1. The van der Waals surface area contributed by atoms with E-state index >= 15 is 0 Å². The molecule has 0 aliphatic carbocycles. The number of nitrogens with zero attached hydrogens (tertiary/aromatic N) is 2. The van der Waals surface area contributed by atoms with Gasteiger partial charge in [0.25, 0.3) is 0 Å². The number of phenolic OH excluding ortho intramolecular Hbond substituents is 1. The van der Waals surface area contributed by atoms with E-state index in [1.54, 1.807) is 36.4 Å². The van der Waals surface area contributed by atoms with Crippen molar-refractivity contribution < 1.29 is 18.7 Å². The Morgan fingerprint density at radius 2 is 1.77 bits per heavy atom. The highest BCUT2D eigenvalue weighted by Crippen LogP contribution is 2.33. The highest BCUT2D eigenvalue weighted by atomic mass is 35.5. The molecule has 3 N–H and O–H groups in total. The molecule has 7 nitrogen and oxygen atoms in total. The molecule has 0 atom stereocenters. The Hall–Kier alpha value is -4.92. The van der Waals surface area contributed by atoms with Gasteiger partial charge in [0.05, 0.1) is 17.1 Å². The summed E-state index contributed by atoms with van der Waals surface area (Å²) < 4.78 is 25.4. The van der Waals surface area contributed by atoms with Gasteiger partial charge in [-0.1, -0.05) is 35.9 Å². The maximum absolute atomic E-state index is 13.5. The minimum absolute atomic E-state index is 0.202. The highest BCUT2D eigenvalue weighted by molar-refractivity contribution is 6.32. The van der Waals surface area contributed by atoms with Gasteiger partial charge in [0.15, 0.2) is 0 Å². The molecule has 9 heteroatoms. The van der Waals surface area contributed by atoms with Gasteiger partial charge in [0, 0.05) is 16.6 Å². The number of aromatic hydroxyl groups is 1. The van der Waals surface area contributed by atoms with Crippen molar-refractivity contribution in [3.05, 3.63) is 131 Å². The molecule has 0 saturated carbocycles. The molecule has 0 radical (unpaired) electrons. The number of phenols is 1. The van der Waals surface area contributed by atoms with Crippen LogP contribution >= 0.6 is 11.6 Å². The summed E-state index contributed by atoms with van der Waals surface area (Å²) in [7, 11) is 0. The summed E-state index contributed by atoms with van der Waals surface area (Å²) >= 11 is 6.50. The molecule has 0 spiro atoms. The van der Waals surface area contributed by atoms with E-state index in [0.29, 0.717) is 28.7 Å². The highest BCUT2D eigenvalue weighted by Gasteiger charge is 2.11. The molecule has 0 fully saturated rings. The number of nitrogens with one attached hydrogen (secondary N) is 2. The van der Waals surface area contributed by atoms with Gasteiger partial charge < -0.3 is 24.9 Å². The van der Waals surface area contributed by atoms with Crippen molar-refractivity contribution in [2.24, 2.45) is 0 Å². The third-order valence-corrected chi connectivity index (χ3v) is 7.18. The average Bonchev–Trinajstić information content (AvgIpc) is 3.49. The number of halogens is 2. The topological polar surface area (TPSA) is 92.4 Å². The molecule has 4 aromatic carbocycles. The van der Waals surface area contributed by atoms with Crippen LogP contribution in [0.2, 0.25) is 5.02 Å². The van der Waals surface area contributed by atoms with Crippen molar-refractivity contribution in [1.82, 2.24) is 15.3 Å². The summed E-state index contributed by atoms with van der Waals surface area (Å²) in [5.41, 5.74) is 4.28. The Balaban J connectivity index is 1.11. The number of furan rings is 1. The van der Waals surface area contributed by atoms with Crippen LogP contribution in [0.4, 0.5) is 15.9 Å². The summed E-state index contributed by atoms with van der Waals surface area (Å²) in [6, 6.07) is 28.7. The van der Waals surface area contributed by atoms with Crippen molar-refractivity contribution in [2.45, 2.75) is 19.6 Å². The van der Waals surface area contributed by atoms with Gasteiger partial charge in [-0.05, 0) is 96.9 Å². The molecule has 0 aliphatic heterocycles. The van der Waals surface area contributed by atoms with Crippen LogP contribution in [0.25, 0.3) is 22.2 Å². The van der Waals surface area contributed by atoms with Crippen molar-refractivity contribution in [2.75, 3.05) is 11.9 Å². The second kappa shape index (κ2) is 12.9. The van der Waals surface area contributed by atoms with Crippen LogP contribution < -0.4 is 15.4 Å². The van der Waals surface area contributed by atoms with Gasteiger partial charge in [0.2, 0.25) is 0 Å². The quantitative estimate of drug-likeness (QED) is 0.131. The molecular formula is C34H28ClFN4O3. The third kappa shape index (κ3) is 7.12. The van der Waals surface area contributed by atoms with Crippen LogP contribution in [-0.4, -0.2) is 21.6 Å². The largest absolute Gasteiger partial charge is 0.508 e. The standard InChI is InChI=1S/C34H28ClFN4O3/c35-30-18-26(7-12-33(30)42-20-23-2-1-3-25(36)16-23)40-34-29-17-24(6-11-31(29)38-21-39-34)32-13-10-28(43-32)19-37-15-14-22-4-8-27(41)9-5-22/h1-13,16-18,21,37,41H,14-15,19-20H2,(H,38,39,40). The minimum atomic E-state index is -0.311. The number of fused-ring (bicyclic) bond motifs is 1. The van der Waals surface area contributed by atoms with Gasteiger partial charge in [-0.3, -0.25) is 0 Å². The number of rotatable bonds is 11. The number of hydrogen-bond donors (Lipinski definition) is 3. The fourth-order valence-corrected chi connectivity index (χ4v) is 4.90. The fraction of sp³-hybridized carbons (Fsp3) is 0.118. The number of anilines is 2. The lowest BCUT2D eigenvalue weighted by Crippen LogP contribution is -2.16. The number of hydrogen-bond acceptors (Lipinski definition) is 7. The molecule has 2 aromatic heterocycles. The smallest absolute Gasteiger partial charge is 0.141 e. The van der Waals surface area contributed by atoms with E-state index in [9.17, 15) is 9.50 Å². The normalized spacial score (nSPS) is 11.1. The maximum Gasteiger partial charge on any atom is 0.141 e. The molecule has 2 heterocycles. The average molecular weight is 595 g/mol. The second-order valence-electron chi connectivity index (χ2n) is 10.0. The molecular weight excluding hydrogens is 567 g/mol. The number of ether oxygens (including phenoxy) is 1. The summed E-state index contributed by atoms with van der Waals surface area (Å²) in [5.74, 6) is 2.66. The van der Waals surface area contributed by atoms with Crippen molar-refractivity contribution >= 4 is 34.0 Å². The molecule has 6 aromatic rings. The van der Waals surface area contributed by atoms with E-state index < -0.39 is 0 Å². The minimum Gasteiger partial charge on any atom is -0.508 e. The molecule has 43 heavy (non-hydrogen) atoms. The summed E-state index contributed by atoms with van der Waals surface area (Å²) in [4.78, 5) is 8.89. The molecule has 0 aliphatic rings. The Bertz CT molecular complexity index is 1860. The first-order valence-electron chi connectivity index (χ1n) is 13.8. The van der Waals surface area contributed by atoms with E-state index in [1.165, 1.54) is 18.5 Å². The van der Waals surface area contributed by atoms with E-state index in [0.717, 1.165) is 52.2 Å². The lowest BCUT2D eigenvalue weighted by Gasteiger charge is -2.12. The molecule has 0 bridgehead atoms. The summed E-state index contributed by atoms with van der Waals surface area (Å²) in [6.45, 7) is 1.59. The van der Waals surface area contributed by atoms with E-state index in [-0.39, 0.29) is 18.2 Å². The molecule has 0 amide bonds. The zero-order valence-corrected chi connectivity index (χ0v) is 23.8. The predicted molar refractivity (Wildman–Crippen MR) is 166 cm³/mol. The van der Waals surface area contributed by atoms with E-state index in [2.05, 4.69) is 20.6 Å². The zero-order chi connectivity index (χ0) is 29.6. The Morgan fingerprint density at radius 3 is 2.60 bits per heavy atom. The molecule has 0 saturated heterocycles.